The molecular weight excluding hydrogens is 310 g/mol. The molecule has 1 atom stereocenters. The zero-order valence-corrected chi connectivity index (χ0v) is 13.7. The molecule has 0 aromatic heterocycles. The van der Waals surface area contributed by atoms with Crippen LogP contribution in [0.3, 0.4) is 0 Å². The Morgan fingerprint density at radius 1 is 1.29 bits per heavy atom. The van der Waals surface area contributed by atoms with Gasteiger partial charge in [0.2, 0.25) is 0 Å². The van der Waals surface area contributed by atoms with Crippen LogP contribution < -0.4 is 15.4 Å². The average molecular weight is 331 g/mol. The standard InChI is InChI=1S/C17H21N3O4/c1-18-15-7-6-12(8-16(15)20(22)23)10-19-11-17(21)13-4-3-5-14(9-13)24-2/h3-9,17-19,21H,10-11H2,1-2H3. The normalized spacial score (nSPS) is 11.8. The largest absolute Gasteiger partial charge is 0.497 e. The van der Waals surface area contributed by atoms with Gasteiger partial charge in [0.05, 0.1) is 18.1 Å². The highest BCUT2D eigenvalue weighted by atomic mass is 16.6. The van der Waals surface area contributed by atoms with Crippen molar-refractivity contribution in [1.82, 2.24) is 5.32 Å². The van der Waals surface area contributed by atoms with Gasteiger partial charge in [-0.05, 0) is 29.3 Å². The first kappa shape index (κ1) is 17.7. The molecular formula is C17H21N3O4. The van der Waals surface area contributed by atoms with Crippen molar-refractivity contribution in [3.8, 4) is 5.75 Å². The number of aliphatic hydroxyl groups excluding tert-OH is 1. The second kappa shape index (κ2) is 8.28. The van der Waals surface area contributed by atoms with Gasteiger partial charge in [-0.2, -0.15) is 0 Å². The maximum absolute atomic E-state index is 11.1. The van der Waals surface area contributed by atoms with Crippen molar-refractivity contribution < 1.29 is 14.8 Å². The minimum Gasteiger partial charge on any atom is -0.497 e. The van der Waals surface area contributed by atoms with E-state index in [9.17, 15) is 15.2 Å². The SMILES string of the molecule is CNc1ccc(CNCC(O)c2cccc(OC)c2)cc1[N+](=O)[O-]. The minimum atomic E-state index is -0.688. The molecule has 2 aromatic rings. The molecule has 2 rings (SSSR count). The highest BCUT2D eigenvalue weighted by Gasteiger charge is 2.14. The fourth-order valence-corrected chi connectivity index (χ4v) is 2.37. The number of methoxy groups -OCH3 is 1. The van der Waals surface area contributed by atoms with Crippen molar-refractivity contribution in [3.05, 3.63) is 63.7 Å². The van der Waals surface area contributed by atoms with E-state index < -0.39 is 11.0 Å². The molecule has 0 fully saturated rings. The summed E-state index contributed by atoms with van der Waals surface area (Å²) in [5.41, 5.74) is 2.03. The zero-order valence-electron chi connectivity index (χ0n) is 13.7. The number of benzene rings is 2. The van der Waals surface area contributed by atoms with Gasteiger partial charge in [-0.1, -0.05) is 18.2 Å². The molecule has 0 heterocycles. The van der Waals surface area contributed by atoms with Crippen LogP contribution in [0.1, 0.15) is 17.2 Å². The van der Waals surface area contributed by atoms with Gasteiger partial charge < -0.3 is 20.5 Å². The van der Waals surface area contributed by atoms with E-state index in [4.69, 9.17) is 4.74 Å². The molecule has 128 valence electrons. The van der Waals surface area contributed by atoms with Crippen molar-refractivity contribution in [1.29, 1.82) is 0 Å². The fraction of sp³-hybridized carbons (Fsp3) is 0.294. The van der Waals surface area contributed by atoms with Crippen LogP contribution in [0.25, 0.3) is 0 Å². The molecule has 0 aliphatic rings. The first-order valence-electron chi connectivity index (χ1n) is 7.53. The van der Waals surface area contributed by atoms with Crippen molar-refractivity contribution in [2.75, 3.05) is 26.0 Å². The Morgan fingerprint density at radius 2 is 2.08 bits per heavy atom. The molecule has 24 heavy (non-hydrogen) atoms. The van der Waals surface area contributed by atoms with Crippen molar-refractivity contribution in [2.45, 2.75) is 12.6 Å². The van der Waals surface area contributed by atoms with E-state index in [1.165, 1.54) is 6.07 Å². The van der Waals surface area contributed by atoms with Gasteiger partial charge >= 0.3 is 0 Å². The second-order valence-electron chi connectivity index (χ2n) is 5.28. The van der Waals surface area contributed by atoms with Gasteiger partial charge in [-0.3, -0.25) is 10.1 Å². The van der Waals surface area contributed by atoms with Crippen molar-refractivity contribution in [2.24, 2.45) is 0 Å². The minimum absolute atomic E-state index is 0.0325. The summed E-state index contributed by atoms with van der Waals surface area (Å²) >= 11 is 0. The van der Waals surface area contributed by atoms with Crippen LogP contribution in [0, 0.1) is 10.1 Å². The zero-order chi connectivity index (χ0) is 17.5. The van der Waals surface area contributed by atoms with Gasteiger partial charge in [-0.25, -0.2) is 0 Å². The number of hydrogen-bond donors (Lipinski definition) is 3. The summed E-state index contributed by atoms with van der Waals surface area (Å²) in [5, 5.41) is 27.2. The highest BCUT2D eigenvalue weighted by molar-refractivity contribution is 5.62. The van der Waals surface area contributed by atoms with Crippen molar-refractivity contribution in [3.63, 3.8) is 0 Å². The Hall–Kier alpha value is -2.64. The maximum Gasteiger partial charge on any atom is 0.292 e. The Balaban J connectivity index is 1.96. The number of aliphatic hydroxyl groups is 1. The maximum atomic E-state index is 11.1. The topological polar surface area (TPSA) is 96.7 Å². The summed E-state index contributed by atoms with van der Waals surface area (Å²) in [6, 6.07) is 12.2. The summed E-state index contributed by atoms with van der Waals surface area (Å²) in [5.74, 6) is 0.685. The number of hydrogen-bond acceptors (Lipinski definition) is 6. The van der Waals surface area contributed by atoms with Crippen LogP contribution >= 0.6 is 0 Å². The van der Waals surface area contributed by atoms with Crippen molar-refractivity contribution >= 4 is 11.4 Å². The van der Waals surface area contributed by atoms with E-state index in [0.717, 1.165) is 11.1 Å². The summed E-state index contributed by atoms with van der Waals surface area (Å²) in [4.78, 5) is 10.6. The average Bonchev–Trinajstić information content (AvgIpc) is 2.61. The van der Waals surface area contributed by atoms with E-state index in [-0.39, 0.29) is 5.69 Å². The quantitative estimate of drug-likeness (QED) is 0.508. The first-order valence-corrected chi connectivity index (χ1v) is 7.53. The molecule has 7 nitrogen and oxygen atoms in total. The lowest BCUT2D eigenvalue weighted by molar-refractivity contribution is -0.384. The molecule has 0 bridgehead atoms. The molecule has 0 amide bonds. The molecule has 0 aliphatic heterocycles. The number of nitrogens with zero attached hydrogens (tertiary/aromatic N) is 1. The van der Waals surface area contributed by atoms with E-state index in [1.807, 2.05) is 24.3 Å². The van der Waals surface area contributed by atoms with E-state index in [0.29, 0.717) is 24.5 Å². The molecule has 0 aliphatic carbocycles. The number of anilines is 1. The van der Waals surface area contributed by atoms with E-state index >= 15 is 0 Å². The van der Waals surface area contributed by atoms with Gasteiger partial charge in [0.15, 0.2) is 0 Å². The van der Waals surface area contributed by atoms with Gasteiger partial charge in [-0.15, -0.1) is 0 Å². The van der Waals surface area contributed by atoms with Crippen LogP contribution in [0.5, 0.6) is 5.75 Å². The second-order valence-corrected chi connectivity index (χ2v) is 5.28. The van der Waals surface area contributed by atoms with Crippen LogP contribution in [0.4, 0.5) is 11.4 Å². The predicted octanol–water partition coefficient (Wildman–Crippen LogP) is 2.47. The third-order valence-corrected chi connectivity index (χ3v) is 3.67. The summed E-state index contributed by atoms with van der Waals surface area (Å²) in [6.45, 7) is 0.751. The number of rotatable bonds is 8. The molecule has 1 unspecified atom stereocenters. The lowest BCUT2D eigenvalue weighted by Gasteiger charge is -2.13. The van der Waals surface area contributed by atoms with Crippen LogP contribution in [0.15, 0.2) is 42.5 Å². The van der Waals surface area contributed by atoms with Gasteiger partial charge in [0.1, 0.15) is 11.4 Å². The third kappa shape index (κ3) is 4.43. The smallest absolute Gasteiger partial charge is 0.292 e. The molecule has 3 N–H and O–H groups in total. The van der Waals surface area contributed by atoms with Gasteiger partial charge in [0.25, 0.3) is 5.69 Å². The van der Waals surface area contributed by atoms with Crippen LogP contribution in [-0.4, -0.2) is 30.7 Å². The number of nitro benzene ring substituents is 1. The predicted molar refractivity (Wildman–Crippen MR) is 92.3 cm³/mol. The summed E-state index contributed by atoms with van der Waals surface area (Å²) in [6.07, 6.45) is -0.688. The first-order chi connectivity index (χ1) is 11.5. The number of nitrogens with one attached hydrogen (secondary N) is 2. The monoisotopic (exact) mass is 331 g/mol. The number of nitro groups is 1. The fourth-order valence-electron chi connectivity index (χ4n) is 2.37. The Kier molecular flexibility index (Phi) is 6.11. The Labute approximate surface area is 140 Å². The third-order valence-electron chi connectivity index (χ3n) is 3.67. The molecule has 0 spiro atoms. The van der Waals surface area contributed by atoms with E-state index in [1.54, 1.807) is 26.3 Å². The van der Waals surface area contributed by atoms with Crippen LogP contribution in [0.2, 0.25) is 0 Å². The molecule has 0 saturated heterocycles. The lowest BCUT2D eigenvalue weighted by Crippen LogP contribution is -2.21. The molecule has 0 saturated carbocycles. The summed E-state index contributed by atoms with van der Waals surface area (Å²) < 4.78 is 5.13. The number of ether oxygens (including phenoxy) is 1. The summed E-state index contributed by atoms with van der Waals surface area (Å²) in [7, 11) is 3.22. The van der Waals surface area contributed by atoms with Gasteiger partial charge in [0, 0.05) is 26.2 Å². The Bertz CT molecular complexity index is 706. The Morgan fingerprint density at radius 3 is 2.75 bits per heavy atom. The molecule has 0 radical (unpaired) electrons. The van der Waals surface area contributed by atoms with Crippen LogP contribution in [-0.2, 0) is 6.54 Å². The molecule has 2 aromatic carbocycles. The molecule has 7 heteroatoms. The lowest BCUT2D eigenvalue weighted by atomic mass is 10.1. The van der Waals surface area contributed by atoms with E-state index in [2.05, 4.69) is 10.6 Å². The highest BCUT2D eigenvalue weighted by Crippen LogP contribution is 2.25.